The molecular weight excluding hydrogens is 269 g/mol. The van der Waals surface area contributed by atoms with Gasteiger partial charge in [0.15, 0.2) is 0 Å². The lowest BCUT2D eigenvalue weighted by Gasteiger charge is -2.09. The normalized spacial score (nSPS) is 12.6. The average Bonchev–Trinajstić information content (AvgIpc) is 2.91. The first-order valence-electron chi connectivity index (χ1n) is 7.34. The summed E-state index contributed by atoms with van der Waals surface area (Å²) < 4.78 is 19.3. The molecule has 0 saturated heterocycles. The van der Waals surface area contributed by atoms with Gasteiger partial charge in [-0.05, 0) is 37.1 Å². The van der Waals surface area contributed by atoms with Gasteiger partial charge < -0.3 is 14.8 Å². The van der Waals surface area contributed by atoms with Crippen LogP contribution in [0.25, 0.3) is 11.3 Å². The molecule has 21 heavy (non-hydrogen) atoms. The summed E-state index contributed by atoms with van der Waals surface area (Å²) >= 11 is 0. The van der Waals surface area contributed by atoms with Crippen molar-refractivity contribution >= 4 is 0 Å². The smallest absolute Gasteiger partial charge is 0.134 e. The van der Waals surface area contributed by atoms with Gasteiger partial charge in [-0.15, -0.1) is 0 Å². The SMILES string of the molecule is CCC[C@@H](O)CNCc1ccc(-c2cccc(F)c2C)o1. The topological polar surface area (TPSA) is 45.4 Å². The Bertz CT molecular complexity index is 580. The minimum absolute atomic E-state index is 0.230. The van der Waals surface area contributed by atoms with E-state index in [1.807, 2.05) is 25.1 Å². The van der Waals surface area contributed by atoms with Crippen LogP contribution in [0.1, 0.15) is 31.1 Å². The van der Waals surface area contributed by atoms with E-state index in [0.29, 0.717) is 24.4 Å². The van der Waals surface area contributed by atoms with E-state index in [9.17, 15) is 9.50 Å². The molecule has 1 aromatic heterocycles. The second-order valence-electron chi connectivity index (χ2n) is 5.25. The number of furan rings is 1. The van der Waals surface area contributed by atoms with Gasteiger partial charge >= 0.3 is 0 Å². The predicted octanol–water partition coefficient (Wildman–Crippen LogP) is 3.64. The van der Waals surface area contributed by atoms with Crippen molar-refractivity contribution in [3.63, 3.8) is 0 Å². The Hall–Kier alpha value is -1.65. The summed E-state index contributed by atoms with van der Waals surface area (Å²) in [6, 6.07) is 8.69. The van der Waals surface area contributed by atoms with E-state index < -0.39 is 0 Å². The minimum Gasteiger partial charge on any atom is -0.460 e. The highest BCUT2D eigenvalue weighted by Crippen LogP contribution is 2.26. The molecule has 0 aliphatic heterocycles. The first kappa shape index (κ1) is 15.7. The molecule has 2 N–H and O–H groups in total. The highest BCUT2D eigenvalue weighted by molar-refractivity contribution is 5.62. The predicted molar refractivity (Wildman–Crippen MR) is 81.5 cm³/mol. The quantitative estimate of drug-likeness (QED) is 0.818. The van der Waals surface area contributed by atoms with Gasteiger partial charge in [-0.2, -0.15) is 0 Å². The molecule has 0 unspecified atom stereocenters. The molecule has 114 valence electrons. The Morgan fingerprint density at radius 2 is 2.10 bits per heavy atom. The van der Waals surface area contributed by atoms with E-state index in [-0.39, 0.29) is 11.9 Å². The van der Waals surface area contributed by atoms with Crippen molar-refractivity contribution in [3.8, 4) is 11.3 Å². The highest BCUT2D eigenvalue weighted by Gasteiger charge is 2.10. The third-order valence-electron chi connectivity index (χ3n) is 3.50. The van der Waals surface area contributed by atoms with Crippen LogP contribution in [-0.4, -0.2) is 17.8 Å². The van der Waals surface area contributed by atoms with Crippen LogP contribution in [0.2, 0.25) is 0 Å². The molecule has 4 heteroatoms. The lowest BCUT2D eigenvalue weighted by molar-refractivity contribution is 0.159. The van der Waals surface area contributed by atoms with Crippen molar-refractivity contribution in [2.45, 2.75) is 39.3 Å². The number of nitrogens with one attached hydrogen (secondary N) is 1. The van der Waals surface area contributed by atoms with Crippen molar-refractivity contribution in [3.05, 3.63) is 47.5 Å². The van der Waals surface area contributed by atoms with Crippen molar-refractivity contribution in [2.75, 3.05) is 6.54 Å². The third kappa shape index (κ3) is 4.16. The molecule has 1 atom stereocenters. The number of hydrogen-bond donors (Lipinski definition) is 2. The molecular formula is C17H22FNO2. The van der Waals surface area contributed by atoms with Gasteiger partial charge in [0.25, 0.3) is 0 Å². The molecule has 0 spiro atoms. The van der Waals surface area contributed by atoms with Gasteiger partial charge in [0, 0.05) is 12.1 Å². The Kier molecular flexibility index (Phi) is 5.53. The van der Waals surface area contributed by atoms with Crippen LogP contribution in [0.15, 0.2) is 34.7 Å². The van der Waals surface area contributed by atoms with Crippen molar-refractivity contribution in [1.82, 2.24) is 5.32 Å². The molecule has 2 rings (SSSR count). The molecule has 0 aliphatic carbocycles. The number of hydrogen-bond acceptors (Lipinski definition) is 3. The second-order valence-corrected chi connectivity index (χ2v) is 5.25. The Balaban J connectivity index is 1.97. The van der Waals surface area contributed by atoms with Crippen LogP contribution in [0, 0.1) is 12.7 Å². The van der Waals surface area contributed by atoms with Crippen molar-refractivity contribution < 1.29 is 13.9 Å². The molecule has 1 heterocycles. The van der Waals surface area contributed by atoms with Crippen LogP contribution >= 0.6 is 0 Å². The van der Waals surface area contributed by atoms with Gasteiger partial charge in [0.1, 0.15) is 17.3 Å². The molecule has 0 aliphatic rings. The highest BCUT2D eigenvalue weighted by atomic mass is 19.1. The number of aliphatic hydroxyl groups excluding tert-OH is 1. The maximum atomic E-state index is 13.6. The van der Waals surface area contributed by atoms with Crippen LogP contribution in [0.3, 0.4) is 0 Å². The van der Waals surface area contributed by atoms with Crippen molar-refractivity contribution in [1.29, 1.82) is 0 Å². The first-order chi connectivity index (χ1) is 10.1. The molecule has 0 amide bonds. The molecule has 0 radical (unpaired) electrons. The molecule has 0 bridgehead atoms. The van der Waals surface area contributed by atoms with Crippen LogP contribution < -0.4 is 5.32 Å². The van der Waals surface area contributed by atoms with E-state index in [4.69, 9.17) is 4.42 Å². The van der Waals surface area contributed by atoms with Gasteiger partial charge in [0.05, 0.1) is 12.6 Å². The molecule has 0 fully saturated rings. The Labute approximate surface area is 124 Å². The molecule has 1 aromatic carbocycles. The lowest BCUT2D eigenvalue weighted by atomic mass is 10.1. The number of aliphatic hydroxyl groups is 1. The maximum absolute atomic E-state index is 13.6. The standard InChI is InChI=1S/C17H22FNO2/c1-3-5-13(20)10-19-11-14-8-9-17(21-14)15-6-4-7-16(18)12(15)2/h4,6-9,13,19-20H,3,5,10-11H2,1-2H3/t13-/m1/s1. The van der Waals surface area contributed by atoms with E-state index in [1.165, 1.54) is 6.07 Å². The van der Waals surface area contributed by atoms with Gasteiger partial charge in [-0.25, -0.2) is 4.39 Å². The van der Waals surface area contributed by atoms with E-state index >= 15 is 0 Å². The fourth-order valence-electron chi connectivity index (χ4n) is 2.29. The fraction of sp³-hybridized carbons (Fsp3) is 0.412. The van der Waals surface area contributed by atoms with Crippen LogP contribution in [0.5, 0.6) is 0 Å². The van der Waals surface area contributed by atoms with E-state index in [2.05, 4.69) is 5.32 Å². The molecule has 3 nitrogen and oxygen atoms in total. The zero-order valence-corrected chi connectivity index (χ0v) is 12.5. The van der Waals surface area contributed by atoms with E-state index in [0.717, 1.165) is 24.2 Å². The fourth-order valence-corrected chi connectivity index (χ4v) is 2.29. The lowest BCUT2D eigenvalue weighted by Crippen LogP contribution is -2.25. The van der Waals surface area contributed by atoms with Gasteiger partial charge in [-0.3, -0.25) is 0 Å². The minimum atomic E-state index is -0.324. The Morgan fingerprint density at radius 3 is 2.86 bits per heavy atom. The zero-order valence-electron chi connectivity index (χ0n) is 12.5. The molecule has 0 saturated carbocycles. The summed E-state index contributed by atoms with van der Waals surface area (Å²) in [6.07, 6.45) is 1.43. The summed E-state index contributed by atoms with van der Waals surface area (Å²) in [6.45, 7) is 4.88. The molecule has 2 aromatic rings. The van der Waals surface area contributed by atoms with Gasteiger partial charge in [0.2, 0.25) is 0 Å². The van der Waals surface area contributed by atoms with Crippen LogP contribution in [-0.2, 0) is 6.54 Å². The monoisotopic (exact) mass is 291 g/mol. The number of rotatable bonds is 7. The second kappa shape index (κ2) is 7.38. The number of benzene rings is 1. The average molecular weight is 291 g/mol. The maximum Gasteiger partial charge on any atom is 0.134 e. The summed E-state index contributed by atoms with van der Waals surface area (Å²) in [5.74, 6) is 1.21. The summed E-state index contributed by atoms with van der Waals surface area (Å²) in [5.41, 5.74) is 1.36. The van der Waals surface area contributed by atoms with Gasteiger partial charge in [-0.1, -0.05) is 25.5 Å². The largest absolute Gasteiger partial charge is 0.460 e. The zero-order chi connectivity index (χ0) is 15.2. The number of halogens is 1. The third-order valence-corrected chi connectivity index (χ3v) is 3.50. The van der Waals surface area contributed by atoms with Crippen LogP contribution in [0.4, 0.5) is 4.39 Å². The van der Waals surface area contributed by atoms with Crippen molar-refractivity contribution in [2.24, 2.45) is 0 Å². The Morgan fingerprint density at radius 1 is 1.29 bits per heavy atom. The summed E-state index contributed by atoms with van der Waals surface area (Å²) in [5, 5.41) is 12.8. The first-order valence-corrected chi connectivity index (χ1v) is 7.34. The summed E-state index contributed by atoms with van der Waals surface area (Å²) in [7, 11) is 0. The van der Waals surface area contributed by atoms with E-state index in [1.54, 1.807) is 13.0 Å². The summed E-state index contributed by atoms with van der Waals surface area (Å²) in [4.78, 5) is 0.